The molecule has 5 nitrogen and oxygen atoms in total. The molecule has 0 spiro atoms. The molecule has 0 bridgehead atoms. The summed E-state index contributed by atoms with van der Waals surface area (Å²) in [5, 5.41) is 0.933. The predicted molar refractivity (Wildman–Crippen MR) is 107 cm³/mol. The summed E-state index contributed by atoms with van der Waals surface area (Å²) in [6.45, 7) is 0.775. The molecule has 0 fully saturated rings. The van der Waals surface area contributed by atoms with Gasteiger partial charge in [-0.15, -0.1) is 0 Å². The number of benzene rings is 2. The zero-order valence-electron chi connectivity index (χ0n) is 16.4. The Kier molecular flexibility index (Phi) is 4.60. The van der Waals surface area contributed by atoms with E-state index < -0.39 is 28.8 Å². The lowest BCUT2D eigenvalue weighted by Gasteiger charge is -2.33. The van der Waals surface area contributed by atoms with Crippen LogP contribution in [-0.4, -0.2) is 28.5 Å². The van der Waals surface area contributed by atoms with E-state index in [1.807, 2.05) is 11.9 Å². The summed E-state index contributed by atoms with van der Waals surface area (Å²) >= 11 is 0. The molecule has 1 aliphatic heterocycles. The van der Waals surface area contributed by atoms with E-state index in [4.69, 9.17) is 4.74 Å². The first-order valence-corrected chi connectivity index (χ1v) is 9.60. The zero-order valence-corrected chi connectivity index (χ0v) is 16.4. The van der Waals surface area contributed by atoms with Gasteiger partial charge in [0, 0.05) is 40.5 Å². The zero-order chi connectivity index (χ0) is 21.9. The van der Waals surface area contributed by atoms with Gasteiger partial charge in [0.1, 0.15) is 0 Å². The van der Waals surface area contributed by atoms with Crippen LogP contribution in [0.25, 0.3) is 21.7 Å². The number of likely N-dealkylation sites (N-methyl/N-ethyl adjacent to an activating group) is 1. The summed E-state index contributed by atoms with van der Waals surface area (Å²) in [6.07, 6.45) is 0. The first kappa shape index (κ1) is 19.8. The fourth-order valence-corrected chi connectivity index (χ4v) is 4.24. The van der Waals surface area contributed by atoms with Crippen LogP contribution < -0.4 is 5.56 Å². The number of aromatic nitrogens is 2. The lowest BCUT2D eigenvalue weighted by atomic mass is 9.95. The minimum atomic E-state index is -1.09. The summed E-state index contributed by atoms with van der Waals surface area (Å²) in [6, 6.07) is 5.52. The Labute approximate surface area is 173 Å². The summed E-state index contributed by atoms with van der Waals surface area (Å²) < 4.78 is 60.4. The molecule has 2 aromatic heterocycles. The molecule has 3 heterocycles. The third-order valence-corrected chi connectivity index (χ3v) is 5.71. The molecule has 2 N–H and O–H groups in total. The summed E-state index contributed by atoms with van der Waals surface area (Å²) in [4.78, 5) is 20.0. The molecule has 0 saturated heterocycles. The molecule has 160 valence electrons. The number of pyridine rings is 1. The van der Waals surface area contributed by atoms with E-state index in [1.54, 1.807) is 6.07 Å². The molecule has 0 aliphatic carbocycles. The molecule has 5 rings (SSSR count). The second kappa shape index (κ2) is 7.21. The highest BCUT2D eigenvalue weighted by atomic mass is 19.2. The van der Waals surface area contributed by atoms with Crippen LogP contribution in [0.4, 0.5) is 17.6 Å². The van der Waals surface area contributed by atoms with E-state index >= 15 is 0 Å². The Bertz CT molecular complexity index is 1360. The van der Waals surface area contributed by atoms with Gasteiger partial charge in [0.2, 0.25) is 0 Å². The van der Waals surface area contributed by atoms with Crippen molar-refractivity contribution in [2.75, 3.05) is 13.7 Å². The van der Waals surface area contributed by atoms with E-state index in [0.29, 0.717) is 39.8 Å². The van der Waals surface area contributed by atoms with Gasteiger partial charge in [0.25, 0.3) is 5.56 Å². The average molecular weight is 431 g/mol. The lowest BCUT2D eigenvalue weighted by Crippen LogP contribution is -2.33. The third-order valence-electron chi connectivity index (χ3n) is 5.71. The van der Waals surface area contributed by atoms with Gasteiger partial charge in [-0.05, 0) is 36.7 Å². The number of hydrogen-bond acceptors (Lipinski definition) is 3. The van der Waals surface area contributed by atoms with Gasteiger partial charge in [0.05, 0.1) is 24.6 Å². The standard InChI is InChI=1S/C22H17F4N3O2/c1-29(7-11-2-10-3-14(23)17(26)6-18(10)27-11)20-9-31-8-19-21(20)12-4-15(24)16(25)5-13(12)22(30)28-19/h2-6,20,27H,7-9H2,1H3,(H,28,30)/t20-/m1/s1. The van der Waals surface area contributed by atoms with Crippen molar-refractivity contribution >= 4 is 21.7 Å². The summed E-state index contributed by atoms with van der Waals surface area (Å²) in [5.74, 6) is -3.99. The van der Waals surface area contributed by atoms with Gasteiger partial charge >= 0.3 is 0 Å². The number of halogens is 4. The highest BCUT2D eigenvalue weighted by Gasteiger charge is 2.29. The van der Waals surface area contributed by atoms with Crippen LogP contribution in [-0.2, 0) is 17.9 Å². The van der Waals surface area contributed by atoms with E-state index in [1.165, 1.54) is 0 Å². The maximum atomic E-state index is 14.0. The molecule has 31 heavy (non-hydrogen) atoms. The largest absolute Gasteiger partial charge is 0.373 e. The molecule has 0 amide bonds. The number of H-pyrrole nitrogens is 2. The molecular weight excluding hydrogens is 414 g/mol. The van der Waals surface area contributed by atoms with Crippen LogP contribution in [0.15, 0.2) is 35.1 Å². The van der Waals surface area contributed by atoms with Crippen molar-refractivity contribution in [3.05, 3.63) is 80.9 Å². The van der Waals surface area contributed by atoms with Crippen molar-refractivity contribution in [3.8, 4) is 0 Å². The first-order valence-electron chi connectivity index (χ1n) is 9.60. The molecule has 4 aromatic rings. The lowest BCUT2D eigenvalue weighted by molar-refractivity contribution is 0.0374. The topological polar surface area (TPSA) is 61.1 Å². The minimum Gasteiger partial charge on any atom is -0.373 e. The molecule has 0 radical (unpaired) electrons. The van der Waals surface area contributed by atoms with Gasteiger partial charge in [0.15, 0.2) is 23.3 Å². The van der Waals surface area contributed by atoms with E-state index in [9.17, 15) is 22.4 Å². The quantitative estimate of drug-likeness (QED) is 0.477. The molecule has 2 aromatic carbocycles. The highest BCUT2D eigenvalue weighted by molar-refractivity contribution is 5.86. The van der Waals surface area contributed by atoms with Crippen molar-refractivity contribution in [2.45, 2.75) is 19.2 Å². The summed E-state index contributed by atoms with van der Waals surface area (Å²) in [7, 11) is 1.81. The second-order valence-electron chi connectivity index (χ2n) is 7.75. The van der Waals surface area contributed by atoms with Crippen molar-refractivity contribution < 1.29 is 22.3 Å². The van der Waals surface area contributed by atoms with E-state index in [0.717, 1.165) is 24.3 Å². The van der Waals surface area contributed by atoms with E-state index in [-0.39, 0.29) is 24.6 Å². The molecule has 1 aliphatic rings. The predicted octanol–water partition coefficient (Wildman–Crippen LogP) is 4.27. The summed E-state index contributed by atoms with van der Waals surface area (Å²) in [5.41, 5.74) is 1.83. The normalized spacial score (nSPS) is 16.4. The molecule has 1 atom stereocenters. The number of fused-ring (bicyclic) bond motifs is 4. The van der Waals surface area contributed by atoms with Gasteiger partial charge in [-0.2, -0.15) is 0 Å². The molecule has 0 saturated carbocycles. The number of nitrogens with zero attached hydrogens (tertiary/aromatic N) is 1. The van der Waals surface area contributed by atoms with Crippen LogP contribution in [0.2, 0.25) is 0 Å². The Balaban J connectivity index is 1.56. The molecule has 0 unspecified atom stereocenters. The maximum absolute atomic E-state index is 14.0. The van der Waals surface area contributed by atoms with Gasteiger partial charge in [-0.25, -0.2) is 17.6 Å². The second-order valence-corrected chi connectivity index (χ2v) is 7.75. The number of nitrogens with one attached hydrogen (secondary N) is 2. The Morgan fingerprint density at radius 1 is 0.968 bits per heavy atom. The van der Waals surface area contributed by atoms with Gasteiger partial charge in [-0.3, -0.25) is 9.69 Å². The maximum Gasteiger partial charge on any atom is 0.256 e. The van der Waals surface area contributed by atoms with Crippen LogP contribution in [0.1, 0.15) is 23.0 Å². The fourth-order valence-electron chi connectivity index (χ4n) is 4.24. The molecular formula is C22H17F4N3O2. The fraction of sp³-hybridized carbons (Fsp3) is 0.227. The SMILES string of the molecule is CN(Cc1cc2cc(F)c(F)cc2[nH]1)[C@@H]1COCc2[nH]c(=O)c3cc(F)c(F)cc3c21. The number of rotatable bonds is 3. The third kappa shape index (κ3) is 3.30. The van der Waals surface area contributed by atoms with Crippen molar-refractivity contribution in [3.63, 3.8) is 0 Å². The average Bonchev–Trinajstić information content (AvgIpc) is 3.10. The van der Waals surface area contributed by atoms with Crippen molar-refractivity contribution in [1.82, 2.24) is 14.9 Å². The molecule has 9 heteroatoms. The van der Waals surface area contributed by atoms with Gasteiger partial charge < -0.3 is 14.7 Å². The minimum absolute atomic E-state index is 0.0644. The number of aromatic amines is 2. The van der Waals surface area contributed by atoms with Crippen molar-refractivity contribution in [2.24, 2.45) is 0 Å². The van der Waals surface area contributed by atoms with Crippen LogP contribution in [0.3, 0.4) is 0 Å². The van der Waals surface area contributed by atoms with E-state index in [2.05, 4.69) is 9.97 Å². The Morgan fingerprint density at radius 3 is 2.42 bits per heavy atom. The smallest absolute Gasteiger partial charge is 0.256 e. The monoisotopic (exact) mass is 431 g/mol. The van der Waals surface area contributed by atoms with Crippen molar-refractivity contribution in [1.29, 1.82) is 0 Å². The van der Waals surface area contributed by atoms with Crippen LogP contribution in [0.5, 0.6) is 0 Å². The highest BCUT2D eigenvalue weighted by Crippen LogP contribution is 2.34. The van der Waals surface area contributed by atoms with Gasteiger partial charge in [-0.1, -0.05) is 0 Å². The Morgan fingerprint density at radius 2 is 1.65 bits per heavy atom. The Hall–Kier alpha value is -3.17. The number of ether oxygens (including phenoxy) is 1. The van der Waals surface area contributed by atoms with Crippen LogP contribution in [0, 0.1) is 23.3 Å². The van der Waals surface area contributed by atoms with Crippen LogP contribution >= 0.6 is 0 Å². The number of hydrogen-bond donors (Lipinski definition) is 2. The first-order chi connectivity index (χ1) is 14.8.